The lowest BCUT2D eigenvalue weighted by Crippen LogP contribution is -2.37. The van der Waals surface area contributed by atoms with Crippen LogP contribution in [0.2, 0.25) is 0 Å². The van der Waals surface area contributed by atoms with Crippen molar-refractivity contribution in [2.24, 2.45) is 0 Å². The van der Waals surface area contributed by atoms with Gasteiger partial charge in [-0.3, -0.25) is 4.79 Å². The van der Waals surface area contributed by atoms with Gasteiger partial charge in [-0.15, -0.1) is 0 Å². The molecule has 10 heteroatoms. The van der Waals surface area contributed by atoms with Gasteiger partial charge in [0.15, 0.2) is 0 Å². The second-order valence-electron chi connectivity index (χ2n) is 7.33. The number of nitrogens with one attached hydrogen (secondary N) is 1. The maximum Gasteiger partial charge on any atom is 0.416 e. The largest absolute Gasteiger partial charge is 0.416 e. The summed E-state index contributed by atoms with van der Waals surface area (Å²) in [6.45, 7) is 3.89. The first-order chi connectivity index (χ1) is 14.3. The van der Waals surface area contributed by atoms with Gasteiger partial charge in [-0.1, -0.05) is 36.8 Å². The normalized spacial score (nSPS) is 18.1. The van der Waals surface area contributed by atoms with Gasteiger partial charge in [-0.2, -0.15) is 13.2 Å². The zero-order chi connectivity index (χ0) is 21.6. The number of ether oxygens (including phenoxy) is 1. The molecule has 0 atom stereocenters. The van der Waals surface area contributed by atoms with Gasteiger partial charge in [0.05, 0.1) is 35.9 Å². The third kappa shape index (κ3) is 6.49. The molecule has 166 valence electrons. The van der Waals surface area contributed by atoms with Crippen molar-refractivity contribution in [1.29, 1.82) is 0 Å². The highest BCUT2D eigenvalue weighted by Crippen LogP contribution is 2.36. The van der Waals surface area contributed by atoms with Crippen molar-refractivity contribution in [2.75, 3.05) is 55.4 Å². The standard InChI is InChI=1S/C20H26F3N3O2S2/c21-20(22,23)15-5-6-17(25-9-11-28-12-10-25)16(13-15)24-18(27)14-30-19(29)26-7-3-1-2-4-8-26/h5-6,13H,1-4,7-12,14H2,(H,24,27). The van der Waals surface area contributed by atoms with Gasteiger partial charge in [-0.25, -0.2) is 0 Å². The molecule has 2 aliphatic rings. The van der Waals surface area contributed by atoms with E-state index in [4.69, 9.17) is 17.0 Å². The Labute approximate surface area is 184 Å². The summed E-state index contributed by atoms with van der Waals surface area (Å²) >= 11 is 6.71. The molecule has 0 unspecified atom stereocenters. The van der Waals surface area contributed by atoms with E-state index in [1.807, 2.05) is 4.90 Å². The Morgan fingerprint density at radius 2 is 1.77 bits per heavy atom. The molecule has 2 saturated heterocycles. The zero-order valence-electron chi connectivity index (χ0n) is 16.7. The Bertz CT molecular complexity index is 747. The van der Waals surface area contributed by atoms with Crippen LogP contribution in [0.5, 0.6) is 0 Å². The number of alkyl halides is 3. The number of anilines is 2. The van der Waals surface area contributed by atoms with Crippen LogP contribution in [0.15, 0.2) is 18.2 Å². The maximum atomic E-state index is 13.2. The SMILES string of the molecule is O=C(CSC(=S)N1CCCCCC1)Nc1cc(C(F)(F)F)ccc1N1CCOCC1. The van der Waals surface area contributed by atoms with Gasteiger partial charge >= 0.3 is 6.18 Å². The number of hydrogen-bond donors (Lipinski definition) is 1. The fourth-order valence-electron chi connectivity index (χ4n) is 3.55. The number of nitrogens with zero attached hydrogens (tertiary/aromatic N) is 2. The molecule has 0 aliphatic carbocycles. The van der Waals surface area contributed by atoms with Gasteiger partial charge < -0.3 is 19.9 Å². The second kappa shape index (κ2) is 10.7. The maximum absolute atomic E-state index is 13.2. The molecule has 0 aromatic heterocycles. The average molecular weight is 462 g/mol. The van der Waals surface area contributed by atoms with Crippen LogP contribution in [-0.4, -0.2) is 60.3 Å². The number of likely N-dealkylation sites (tertiary alicyclic amines) is 1. The fourth-order valence-corrected chi connectivity index (χ4v) is 4.60. The molecule has 2 aliphatic heterocycles. The van der Waals surface area contributed by atoms with Crippen molar-refractivity contribution in [3.05, 3.63) is 23.8 Å². The van der Waals surface area contributed by atoms with Crippen LogP contribution in [-0.2, 0) is 15.7 Å². The number of benzene rings is 1. The van der Waals surface area contributed by atoms with E-state index in [0.717, 1.165) is 38.1 Å². The van der Waals surface area contributed by atoms with E-state index in [9.17, 15) is 18.0 Å². The quantitative estimate of drug-likeness (QED) is 0.672. The third-order valence-electron chi connectivity index (χ3n) is 5.14. The van der Waals surface area contributed by atoms with Gasteiger partial charge in [0.25, 0.3) is 0 Å². The zero-order valence-corrected chi connectivity index (χ0v) is 18.3. The Hall–Kier alpha value is -1.52. The summed E-state index contributed by atoms with van der Waals surface area (Å²) in [7, 11) is 0. The van der Waals surface area contributed by atoms with Crippen molar-refractivity contribution in [2.45, 2.75) is 31.9 Å². The molecular weight excluding hydrogens is 435 g/mol. The number of thioether (sulfide) groups is 1. The predicted octanol–water partition coefficient (Wildman–Crippen LogP) is 4.37. The number of hydrogen-bond acceptors (Lipinski definition) is 5. The van der Waals surface area contributed by atoms with E-state index >= 15 is 0 Å². The minimum atomic E-state index is -4.48. The summed E-state index contributed by atoms with van der Waals surface area (Å²) < 4.78 is 45.6. The first-order valence-corrected chi connectivity index (χ1v) is 11.5. The molecule has 1 aromatic carbocycles. The lowest BCUT2D eigenvalue weighted by atomic mass is 10.1. The third-order valence-corrected chi connectivity index (χ3v) is 6.66. The number of thiocarbonyl (C=S) groups is 1. The van der Waals surface area contributed by atoms with Gasteiger partial charge in [0.2, 0.25) is 5.91 Å². The molecule has 1 amide bonds. The summed E-state index contributed by atoms with van der Waals surface area (Å²) in [5.74, 6) is -0.306. The first-order valence-electron chi connectivity index (χ1n) is 10.1. The lowest BCUT2D eigenvalue weighted by Gasteiger charge is -2.31. The molecule has 2 fully saturated rings. The minimum absolute atomic E-state index is 0.0636. The van der Waals surface area contributed by atoms with Crippen LogP contribution in [0.1, 0.15) is 31.2 Å². The summed E-state index contributed by atoms with van der Waals surface area (Å²) in [6.07, 6.45) is 0.0560. The number of morpholine rings is 1. The monoisotopic (exact) mass is 461 g/mol. The van der Waals surface area contributed by atoms with Crippen molar-refractivity contribution < 1.29 is 22.7 Å². The molecule has 0 radical (unpaired) electrons. The van der Waals surface area contributed by atoms with Crippen LogP contribution in [0.3, 0.4) is 0 Å². The Morgan fingerprint density at radius 1 is 1.10 bits per heavy atom. The molecule has 1 aromatic rings. The van der Waals surface area contributed by atoms with Gasteiger partial charge in [0.1, 0.15) is 4.32 Å². The van der Waals surface area contributed by atoms with Crippen molar-refractivity contribution >= 4 is 45.6 Å². The van der Waals surface area contributed by atoms with E-state index in [2.05, 4.69) is 10.2 Å². The second-order valence-corrected chi connectivity index (χ2v) is 8.94. The molecule has 1 N–H and O–H groups in total. The molecule has 2 heterocycles. The summed E-state index contributed by atoms with van der Waals surface area (Å²) in [6, 6.07) is 3.46. The van der Waals surface area contributed by atoms with Crippen molar-refractivity contribution in [3.8, 4) is 0 Å². The Kier molecular flexibility index (Phi) is 8.24. The fraction of sp³-hybridized carbons (Fsp3) is 0.600. The molecular formula is C20H26F3N3O2S2. The van der Waals surface area contributed by atoms with Crippen LogP contribution < -0.4 is 10.2 Å². The highest BCUT2D eigenvalue weighted by molar-refractivity contribution is 8.23. The molecule has 30 heavy (non-hydrogen) atoms. The van der Waals surface area contributed by atoms with Gasteiger partial charge in [-0.05, 0) is 31.0 Å². The topological polar surface area (TPSA) is 44.8 Å². The van der Waals surface area contributed by atoms with E-state index in [0.29, 0.717) is 36.3 Å². The van der Waals surface area contributed by atoms with Crippen LogP contribution in [0.25, 0.3) is 0 Å². The molecule has 5 nitrogen and oxygen atoms in total. The summed E-state index contributed by atoms with van der Waals surface area (Å²) in [5, 5.41) is 2.67. The molecule has 0 spiro atoms. The lowest BCUT2D eigenvalue weighted by molar-refractivity contribution is -0.137. The molecule has 0 saturated carbocycles. The van der Waals surface area contributed by atoms with E-state index in [-0.39, 0.29) is 17.3 Å². The highest BCUT2D eigenvalue weighted by atomic mass is 32.2. The van der Waals surface area contributed by atoms with Crippen molar-refractivity contribution in [3.63, 3.8) is 0 Å². The van der Waals surface area contributed by atoms with E-state index in [1.165, 1.54) is 30.7 Å². The number of carbonyl (C=O) groups excluding carboxylic acids is 1. The smallest absolute Gasteiger partial charge is 0.378 e. The Morgan fingerprint density at radius 3 is 2.40 bits per heavy atom. The number of rotatable bonds is 4. The number of halogens is 3. The Balaban J connectivity index is 1.66. The summed E-state index contributed by atoms with van der Waals surface area (Å²) in [4.78, 5) is 16.6. The number of amides is 1. The van der Waals surface area contributed by atoms with Crippen LogP contribution in [0, 0.1) is 0 Å². The van der Waals surface area contributed by atoms with Crippen molar-refractivity contribution in [1.82, 2.24) is 4.90 Å². The average Bonchev–Trinajstić information content (AvgIpc) is 3.01. The molecule has 0 bridgehead atoms. The van der Waals surface area contributed by atoms with Crippen LogP contribution >= 0.6 is 24.0 Å². The minimum Gasteiger partial charge on any atom is -0.378 e. The van der Waals surface area contributed by atoms with E-state index in [1.54, 1.807) is 0 Å². The van der Waals surface area contributed by atoms with E-state index < -0.39 is 11.7 Å². The first kappa shape index (κ1) is 23.1. The predicted molar refractivity (Wildman–Crippen MR) is 118 cm³/mol. The van der Waals surface area contributed by atoms with Crippen LogP contribution in [0.4, 0.5) is 24.5 Å². The number of carbonyl (C=O) groups is 1. The van der Waals surface area contributed by atoms with Gasteiger partial charge in [0, 0.05) is 26.2 Å². The highest BCUT2D eigenvalue weighted by Gasteiger charge is 2.32. The summed E-state index contributed by atoms with van der Waals surface area (Å²) in [5.41, 5.74) is -0.0553. The molecule has 3 rings (SSSR count).